The number of nitrogens with two attached hydrogens (primary N) is 2. The van der Waals surface area contributed by atoms with E-state index in [9.17, 15) is 21.6 Å². The van der Waals surface area contributed by atoms with Crippen molar-refractivity contribution >= 4 is 55.9 Å². The van der Waals surface area contributed by atoms with E-state index in [0.717, 1.165) is 45.2 Å². The molecule has 286 valence electrons. The number of benzene rings is 4. The number of anilines is 2. The average Bonchev–Trinajstić information content (AvgIpc) is 3.21. The van der Waals surface area contributed by atoms with Crippen LogP contribution >= 0.6 is 0 Å². The standard InChI is InChI=1S/C19H14N4.C14H8F3N3O3S.C6H8BNO2/c20-17-3-1-2-14(9-17)18-10-15(13-4-6-21-7-5-13)8-16-11-22-12-23-19(16)18;15-14(16,17)24(21,22)23-12-6-10(9-1-3-18-4-2-9)5-11-7-19-8-20-13(11)12;8-6-3-1-2-5(4-6)7(9)10/h1-12H,20H2;1-8H;1-4,9-10H,8H2. The second-order valence-electron chi connectivity index (χ2n) is 12.0. The van der Waals surface area contributed by atoms with Gasteiger partial charge in [0, 0.05) is 64.9 Å². The monoisotopic (exact) mass is 790 g/mol. The van der Waals surface area contributed by atoms with E-state index in [0.29, 0.717) is 27.7 Å². The van der Waals surface area contributed by atoms with Gasteiger partial charge in [-0.3, -0.25) is 9.97 Å². The summed E-state index contributed by atoms with van der Waals surface area (Å²) >= 11 is 0. The molecule has 0 atom stereocenters. The van der Waals surface area contributed by atoms with Crippen molar-refractivity contribution in [1.29, 1.82) is 0 Å². The van der Waals surface area contributed by atoms with Crippen molar-refractivity contribution in [3.05, 3.63) is 147 Å². The number of pyridine rings is 2. The van der Waals surface area contributed by atoms with E-state index in [1.165, 1.54) is 30.7 Å². The Morgan fingerprint density at radius 1 is 0.596 bits per heavy atom. The van der Waals surface area contributed by atoms with Crippen molar-refractivity contribution in [2.24, 2.45) is 0 Å². The van der Waals surface area contributed by atoms with Gasteiger partial charge in [0.1, 0.15) is 18.2 Å². The molecule has 0 saturated heterocycles. The van der Waals surface area contributed by atoms with Crippen LogP contribution in [0.15, 0.2) is 147 Å². The summed E-state index contributed by atoms with van der Waals surface area (Å²) in [5, 5.41) is 18.6. The number of alkyl halides is 3. The highest BCUT2D eigenvalue weighted by molar-refractivity contribution is 7.88. The zero-order valence-corrected chi connectivity index (χ0v) is 30.2. The summed E-state index contributed by atoms with van der Waals surface area (Å²) in [7, 11) is -7.24. The molecule has 0 amide bonds. The summed E-state index contributed by atoms with van der Waals surface area (Å²) in [6.45, 7) is 0. The van der Waals surface area contributed by atoms with Gasteiger partial charge in [0.25, 0.3) is 0 Å². The maximum absolute atomic E-state index is 12.6. The second-order valence-corrected chi connectivity index (χ2v) is 13.6. The zero-order chi connectivity index (χ0) is 40.6. The molecule has 8 rings (SSSR count). The topological polar surface area (TPSA) is 213 Å². The van der Waals surface area contributed by atoms with Gasteiger partial charge >= 0.3 is 22.7 Å². The molecule has 0 aliphatic heterocycles. The minimum atomic E-state index is -5.81. The number of hydrogen-bond donors (Lipinski definition) is 4. The van der Waals surface area contributed by atoms with Gasteiger partial charge in [-0.1, -0.05) is 24.3 Å². The van der Waals surface area contributed by atoms with Crippen LogP contribution in [0.4, 0.5) is 24.5 Å². The Morgan fingerprint density at radius 3 is 1.65 bits per heavy atom. The summed E-state index contributed by atoms with van der Waals surface area (Å²) in [6, 6.07) is 28.6. The van der Waals surface area contributed by atoms with Crippen molar-refractivity contribution in [1.82, 2.24) is 29.9 Å². The van der Waals surface area contributed by atoms with E-state index in [2.05, 4.69) is 46.2 Å². The van der Waals surface area contributed by atoms with Crippen molar-refractivity contribution in [2.75, 3.05) is 11.5 Å². The Kier molecular flexibility index (Phi) is 12.0. The molecule has 13 nitrogen and oxygen atoms in total. The van der Waals surface area contributed by atoms with Crippen molar-refractivity contribution in [3.63, 3.8) is 0 Å². The van der Waals surface area contributed by atoms with Crippen LogP contribution in [-0.2, 0) is 10.1 Å². The highest BCUT2D eigenvalue weighted by Gasteiger charge is 2.48. The van der Waals surface area contributed by atoms with Crippen molar-refractivity contribution in [2.45, 2.75) is 5.51 Å². The van der Waals surface area contributed by atoms with Crippen LogP contribution in [-0.4, -0.2) is 61.0 Å². The number of fused-ring (bicyclic) bond motifs is 2. The molecule has 0 unspecified atom stereocenters. The van der Waals surface area contributed by atoms with Gasteiger partial charge in [-0.25, -0.2) is 19.9 Å². The van der Waals surface area contributed by atoms with E-state index in [-0.39, 0.29) is 5.52 Å². The van der Waals surface area contributed by atoms with Crippen LogP contribution < -0.4 is 21.1 Å². The van der Waals surface area contributed by atoms with Gasteiger partial charge in [0.05, 0.1) is 5.52 Å². The molecular weight excluding hydrogens is 760 g/mol. The summed E-state index contributed by atoms with van der Waals surface area (Å²) in [5.41, 5.74) is 13.7. The number of hydrogen-bond acceptors (Lipinski definition) is 13. The first kappa shape index (κ1) is 39.7. The largest absolute Gasteiger partial charge is 0.534 e. The van der Waals surface area contributed by atoms with Gasteiger partial charge < -0.3 is 25.7 Å². The summed E-state index contributed by atoms with van der Waals surface area (Å²) in [6.07, 6.45) is 12.4. The maximum atomic E-state index is 12.6. The van der Waals surface area contributed by atoms with Crippen LogP contribution in [0.5, 0.6) is 5.75 Å². The third kappa shape index (κ3) is 9.81. The molecule has 18 heteroatoms. The molecule has 0 aliphatic rings. The Morgan fingerprint density at radius 2 is 1.12 bits per heavy atom. The third-order valence-electron chi connectivity index (χ3n) is 8.09. The first-order valence-corrected chi connectivity index (χ1v) is 18.1. The molecule has 4 heterocycles. The van der Waals surface area contributed by atoms with E-state index < -0.39 is 28.5 Å². The van der Waals surface area contributed by atoms with E-state index in [1.807, 2.05) is 42.6 Å². The number of aromatic nitrogens is 6. The predicted octanol–water partition coefficient (Wildman–Crippen LogP) is 5.81. The summed E-state index contributed by atoms with van der Waals surface area (Å²) < 4.78 is 64.7. The first-order valence-electron chi connectivity index (χ1n) is 16.7. The van der Waals surface area contributed by atoms with E-state index >= 15 is 0 Å². The SMILES string of the molecule is Nc1cccc(-c2cc(-c3ccncc3)cc3cncnc23)c1.Nc1cccc(B(O)O)c1.O=S(=O)(Oc1cc(-c2ccncc2)cc2cncnc12)C(F)(F)F. The second kappa shape index (κ2) is 17.2. The molecule has 0 fully saturated rings. The average molecular weight is 791 g/mol. The Balaban J connectivity index is 0.000000156. The molecule has 4 aromatic carbocycles. The van der Waals surface area contributed by atoms with Crippen molar-refractivity contribution < 1.29 is 35.8 Å². The number of nitrogens with zero attached hydrogens (tertiary/aromatic N) is 6. The van der Waals surface area contributed by atoms with Crippen LogP contribution in [0.25, 0.3) is 55.2 Å². The fourth-order valence-corrected chi connectivity index (χ4v) is 5.93. The maximum Gasteiger partial charge on any atom is 0.534 e. The normalized spacial score (nSPS) is 11.2. The number of rotatable bonds is 6. The van der Waals surface area contributed by atoms with Gasteiger partial charge in [-0.15, -0.1) is 0 Å². The lowest BCUT2D eigenvalue weighted by Crippen LogP contribution is -2.29. The Labute approximate surface area is 323 Å². The molecule has 8 aromatic rings. The molecule has 57 heavy (non-hydrogen) atoms. The Bertz CT molecular complexity index is 2750. The molecule has 0 radical (unpaired) electrons. The fourth-order valence-electron chi connectivity index (χ4n) is 5.47. The van der Waals surface area contributed by atoms with Gasteiger partial charge in [0.15, 0.2) is 5.75 Å². The molecule has 0 saturated carbocycles. The molecule has 0 spiro atoms. The first-order chi connectivity index (χ1) is 27.3. The number of halogens is 3. The van der Waals surface area contributed by atoms with Gasteiger partial charge in [-0.2, -0.15) is 21.6 Å². The Hall–Kier alpha value is -7.02. The molecule has 0 bridgehead atoms. The van der Waals surface area contributed by atoms with Crippen LogP contribution in [0, 0.1) is 0 Å². The van der Waals surface area contributed by atoms with Crippen molar-refractivity contribution in [3.8, 4) is 39.1 Å². The lowest BCUT2D eigenvalue weighted by Gasteiger charge is -2.12. The molecule has 0 aliphatic carbocycles. The van der Waals surface area contributed by atoms with Crippen LogP contribution in [0.3, 0.4) is 0 Å². The fraction of sp³-hybridized carbons (Fsp3) is 0.0256. The van der Waals surface area contributed by atoms with Gasteiger partial charge in [0.2, 0.25) is 0 Å². The third-order valence-corrected chi connectivity index (χ3v) is 9.06. The highest BCUT2D eigenvalue weighted by Crippen LogP contribution is 2.35. The predicted molar refractivity (Wildman–Crippen MR) is 212 cm³/mol. The minimum Gasteiger partial charge on any atom is -0.423 e. The lowest BCUT2D eigenvalue weighted by atomic mass is 9.80. The minimum absolute atomic E-state index is 0.0457. The summed E-state index contributed by atoms with van der Waals surface area (Å²) in [5.74, 6) is -0.529. The number of nitrogen functional groups attached to an aromatic ring is 2. The molecule has 6 N–H and O–H groups in total. The molecular formula is C39H30BF3N8O5S. The van der Waals surface area contributed by atoms with Crippen LogP contribution in [0.1, 0.15) is 0 Å². The van der Waals surface area contributed by atoms with Gasteiger partial charge in [-0.05, 0) is 106 Å². The highest BCUT2D eigenvalue weighted by atomic mass is 32.2. The van der Waals surface area contributed by atoms with E-state index in [1.54, 1.807) is 55.1 Å². The lowest BCUT2D eigenvalue weighted by molar-refractivity contribution is -0.0499. The quantitative estimate of drug-likeness (QED) is 0.0679. The van der Waals surface area contributed by atoms with Crippen LogP contribution in [0.2, 0.25) is 0 Å². The smallest absolute Gasteiger partial charge is 0.423 e. The zero-order valence-electron chi connectivity index (χ0n) is 29.4. The summed E-state index contributed by atoms with van der Waals surface area (Å²) in [4.78, 5) is 24.1. The molecule has 4 aromatic heterocycles. The van der Waals surface area contributed by atoms with E-state index in [4.69, 9.17) is 21.5 Å².